The van der Waals surface area contributed by atoms with Crippen LogP contribution in [-0.2, 0) is 16.6 Å². The van der Waals surface area contributed by atoms with Crippen LogP contribution in [0, 0.1) is 6.92 Å². The van der Waals surface area contributed by atoms with Crippen molar-refractivity contribution in [3.63, 3.8) is 0 Å². The van der Waals surface area contributed by atoms with Gasteiger partial charge in [0.15, 0.2) is 0 Å². The first-order valence-electron chi connectivity index (χ1n) is 7.70. The quantitative estimate of drug-likeness (QED) is 0.836. The Bertz CT molecular complexity index is 789. The second kappa shape index (κ2) is 8.08. The molecular weight excluding hydrogens is 324 g/mol. The predicted octanol–water partition coefficient (Wildman–Crippen LogP) is 2.19. The summed E-state index contributed by atoms with van der Waals surface area (Å²) in [5.74, 6) is -0.202. The Balaban J connectivity index is 1.95. The van der Waals surface area contributed by atoms with Crippen LogP contribution in [0.5, 0.6) is 0 Å². The standard InChI is InChI=1S/C18H22N2O3S/c1-15-7-6-10-17(13-15)18(21)19-11-12-20(24(2,22)23)14-16-8-4-3-5-9-16/h3-10,13H,11-12,14H2,1-2H3,(H,19,21). The lowest BCUT2D eigenvalue weighted by Crippen LogP contribution is -2.37. The maximum Gasteiger partial charge on any atom is 0.251 e. The van der Waals surface area contributed by atoms with E-state index in [0.717, 1.165) is 11.1 Å². The highest BCUT2D eigenvalue weighted by Gasteiger charge is 2.17. The van der Waals surface area contributed by atoms with Crippen LogP contribution in [0.1, 0.15) is 21.5 Å². The van der Waals surface area contributed by atoms with E-state index in [1.807, 2.05) is 49.4 Å². The van der Waals surface area contributed by atoms with E-state index in [1.165, 1.54) is 10.6 Å². The normalized spacial score (nSPS) is 11.5. The summed E-state index contributed by atoms with van der Waals surface area (Å²) < 4.78 is 25.2. The lowest BCUT2D eigenvalue weighted by Gasteiger charge is -2.20. The highest BCUT2D eigenvalue weighted by atomic mass is 32.2. The summed E-state index contributed by atoms with van der Waals surface area (Å²) in [4.78, 5) is 12.1. The number of carbonyl (C=O) groups excluding carboxylic acids is 1. The molecule has 0 unspecified atom stereocenters. The predicted molar refractivity (Wildman–Crippen MR) is 95.2 cm³/mol. The van der Waals surface area contributed by atoms with Gasteiger partial charge in [0, 0.05) is 25.2 Å². The lowest BCUT2D eigenvalue weighted by molar-refractivity contribution is 0.0951. The Hall–Kier alpha value is -2.18. The van der Waals surface area contributed by atoms with Crippen molar-refractivity contribution in [1.29, 1.82) is 0 Å². The van der Waals surface area contributed by atoms with E-state index in [0.29, 0.717) is 12.1 Å². The molecule has 0 aliphatic rings. The molecule has 0 aromatic heterocycles. The van der Waals surface area contributed by atoms with Gasteiger partial charge in [-0.3, -0.25) is 4.79 Å². The number of sulfonamides is 1. The molecule has 0 spiro atoms. The number of nitrogens with one attached hydrogen (secondary N) is 1. The van der Waals surface area contributed by atoms with Crippen molar-refractivity contribution in [3.8, 4) is 0 Å². The van der Waals surface area contributed by atoms with Gasteiger partial charge in [0.05, 0.1) is 6.26 Å². The Labute approximate surface area is 143 Å². The minimum absolute atomic E-state index is 0.202. The van der Waals surface area contributed by atoms with Gasteiger partial charge in [-0.2, -0.15) is 4.31 Å². The van der Waals surface area contributed by atoms with Crippen molar-refractivity contribution in [1.82, 2.24) is 9.62 Å². The number of rotatable bonds is 7. The first-order chi connectivity index (χ1) is 11.4. The fourth-order valence-electron chi connectivity index (χ4n) is 2.33. The second-order valence-corrected chi connectivity index (χ2v) is 7.69. The van der Waals surface area contributed by atoms with E-state index in [-0.39, 0.29) is 19.0 Å². The Morgan fingerprint density at radius 3 is 2.42 bits per heavy atom. The number of hydrogen-bond acceptors (Lipinski definition) is 3. The molecule has 2 aromatic rings. The molecule has 0 aliphatic heterocycles. The summed E-state index contributed by atoms with van der Waals surface area (Å²) in [7, 11) is -3.35. The third-order valence-electron chi connectivity index (χ3n) is 3.60. The molecule has 128 valence electrons. The monoisotopic (exact) mass is 346 g/mol. The summed E-state index contributed by atoms with van der Waals surface area (Å²) in [6, 6.07) is 16.7. The van der Waals surface area contributed by atoms with Gasteiger partial charge in [0.25, 0.3) is 5.91 Å². The van der Waals surface area contributed by atoms with E-state index in [2.05, 4.69) is 5.32 Å². The van der Waals surface area contributed by atoms with Gasteiger partial charge in [-0.15, -0.1) is 0 Å². The minimum atomic E-state index is -3.35. The first-order valence-corrected chi connectivity index (χ1v) is 9.55. The molecule has 0 radical (unpaired) electrons. The zero-order chi connectivity index (χ0) is 17.6. The molecule has 24 heavy (non-hydrogen) atoms. The van der Waals surface area contributed by atoms with Gasteiger partial charge in [0.2, 0.25) is 10.0 Å². The van der Waals surface area contributed by atoms with Crippen LogP contribution in [0.3, 0.4) is 0 Å². The molecule has 0 bridgehead atoms. The maximum absolute atomic E-state index is 12.1. The van der Waals surface area contributed by atoms with Crippen LogP contribution in [0.2, 0.25) is 0 Å². The summed E-state index contributed by atoms with van der Waals surface area (Å²) in [5, 5.41) is 2.77. The third kappa shape index (κ3) is 5.47. The SMILES string of the molecule is Cc1cccc(C(=O)NCCN(Cc2ccccc2)S(C)(=O)=O)c1. The fourth-order valence-corrected chi connectivity index (χ4v) is 3.14. The van der Waals surface area contributed by atoms with Gasteiger partial charge in [0.1, 0.15) is 0 Å². The van der Waals surface area contributed by atoms with Crippen molar-refractivity contribution in [2.24, 2.45) is 0 Å². The van der Waals surface area contributed by atoms with Gasteiger partial charge >= 0.3 is 0 Å². The average molecular weight is 346 g/mol. The largest absolute Gasteiger partial charge is 0.351 e. The Morgan fingerprint density at radius 2 is 1.79 bits per heavy atom. The molecule has 1 N–H and O–H groups in total. The summed E-state index contributed by atoms with van der Waals surface area (Å²) in [6.45, 7) is 2.69. The highest BCUT2D eigenvalue weighted by Crippen LogP contribution is 2.08. The van der Waals surface area contributed by atoms with Crippen molar-refractivity contribution in [3.05, 3.63) is 71.3 Å². The van der Waals surface area contributed by atoms with E-state index >= 15 is 0 Å². The number of nitrogens with zero attached hydrogens (tertiary/aromatic N) is 1. The highest BCUT2D eigenvalue weighted by molar-refractivity contribution is 7.88. The van der Waals surface area contributed by atoms with Crippen molar-refractivity contribution in [2.75, 3.05) is 19.3 Å². The minimum Gasteiger partial charge on any atom is -0.351 e. The van der Waals surface area contributed by atoms with E-state index < -0.39 is 10.0 Å². The smallest absolute Gasteiger partial charge is 0.251 e. The summed E-state index contributed by atoms with van der Waals surface area (Å²) in [5.41, 5.74) is 2.49. The molecule has 0 atom stereocenters. The number of hydrogen-bond donors (Lipinski definition) is 1. The molecule has 6 heteroatoms. The maximum atomic E-state index is 12.1. The zero-order valence-electron chi connectivity index (χ0n) is 13.9. The third-order valence-corrected chi connectivity index (χ3v) is 4.85. The molecule has 0 heterocycles. The van der Waals surface area contributed by atoms with Crippen molar-refractivity contribution < 1.29 is 13.2 Å². The number of carbonyl (C=O) groups is 1. The molecule has 0 aliphatic carbocycles. The zero-order valence-corrected chi connectivity index (χ0v) is 14.7. The summed E-state index contributed by atoms with van der Waals surface area (Å²) in [6.07, 6.45) is 1.18. The lowest BCUT2D eigenvalue weighted by atomic mass is 10.1. The van der Waals surface area contributed by atoms with Crippen molar-refractivity contribution in [2.45, 2.75) is 13.5 Å². The van der Waals surface area contributed by atoms with E-state index in [4.69, 9.17) is 0 Å². The molecule has 0 fully saturated rings. The molecular formula is C18H22N2O3S. The van der Waals surface area contributed by atoms with Gasteiger partial charge in [-0.05, 0) is 24.6 Å². The van der Waals surface area contributed by atoms with Crippen LogP contribution in [0.4, 0.5) is 0 Å². The van der Waals surface area contributed by atoms with Gasteiger partial charge < -0.3 is 5.32 Å². The second-order valence-electron chi connectivity index (χ2n) is 5.71. The van der Waals surface area contributed by atoms with Crippen LogP contribution in [0.15, 0.2) is 54.6 Å². The van der Waals surface area contributed by atoms with Crippen LogP contribution >= 0.6 is 0 Å². The van der Waals surface area contributed by atoms with Gasteiger partial charge in [-0.25, -0.2) is 8.42 Å². The molecule has 5 nitrogen and oxygen atoms in total. The molecule has 0 saturated carbocycles. The van der Waals surface area contributed by atoms with Crippen molar-refractivity contribution >= 4 is 15.9 Å². The molecule has 0 saturated heterocycles. The number of amides is 1. The number of benzene rings is 2. The number of aryl methyl sites for hydroxylation is 1. The van der Waals surface area contributed by atoms with Crippen LogP contribution in [-0.4, -0.2) is 38.0 Å². The fraction of sp³-hybridized carbons (Fsp3) is 0.278. The van der Waals surface area contributed by atoms with Gasteiger partial charge in [-0.1, -0.05) is 48.0 Å². The average Bonchev–Trinajstić information content (AvgIpc) is 2.54. The van der Waals surface area contributed by atoms with E-state index in [1.54, 1.807) is 12.1 Å². The molecule has 2 rings (SSSR count). The first kappa shape index (κ1) is 18.2. The Morgan fingerprint density at radius 1 is 1.08 bits per heavy atom. The molecule has 1 amide bonds. The van der Waals surface area contributed by atoms with Crippen LogP contribution in [0.25, 0.3) is 0 Å². The topological polar surface area (TPSA) is 66.5 Å². The van der Waals surface area contributed by atoms with E-state index in [9.17, 15) is 13.2 Å². The Kier molecular flexibility index (Phi) is 6.11. The van der Waals surface area contributed by atoms with Crippen LogP contribution < -0.4 is 5.32 Å². The summed E-state index contributed by atoms with van der Waals surface area (Å²) >= 11 is 0. The molecule has 2 aromatic carbocycles.